The largest absolute Gasteiger partial charge is 0.378 e. The van der Waals surface area contributed by atoms with E-state index in [0.29, 0.717) is 37.5 Å². The van der Waals surface area contributed by atoms with Crippen molar-refractivity contribution < 1.29 is 20.4 Å². The van der Waals surface area contributed by atoms with Gasteiger partial charge in [-0.15, -0.1) is 0 Å². The Kier molecular flexibility index (Phi) is 13.9. The van der Waals surface area contributed by atoms with E-state index in [-0.39, 0.29) is 0 Å². The highest BCUT2D eigenvalue weighted by molar-refractivity contribution is 5.20. The van der Waals surface area contributed by atoms with Crippen LogP contribution < -0.4 is 0 Å². The molecule has 0 saturated heterocycles. The van der Waals surface area contributed by atoms with Gasteiger partial charge in [-0.2, -0.15) is 0 Å². The first-order valence-electron chi connectivity index (χ1n) is 11.3. The van der Waals surface area contributed by atoms with Gasteiger partial charge in [0.25, 0.3) is 0 Å². The molecule has 30 heavy (non-hydrogen) atoms. The fourth-order valence-electron chi connectivity index (χ4n) is 3.33. The molecule has 4 unspecified atom stereocenters. The molecule has 176 valence electrons. The first kappa shape index (κ1) is 31.1. The van der Waals surface area contributed by atoms with E-state index in [1.165, 1.54) is 0 Å². The summed E-state index contributed by atoms with van der Waals surface area (Å²) in [6, 6.07) is 0. The summed E-state index contributed by atoms with van der Waals surface area (Å²) in [4.78, 5) is 0. The Bertz CT molecular complexity index is 542. The average Bonchev–Trinajstić information content (AvgIpc) is 2.50. The molecule has 4 atom stereocenters. The lowest BCUT2D eigenvalue weighted by Gasteiger charge is -2.22. The Hall–Kier alpha value is -1.04. The van der Waals surface area contributed by atoms with Crippen LogP contribution in [0.5, 0.6) is 0 Å². The lowest BCUT2D eigenvalue weighted by Crippen LogP contribution is -2.28. The summed E-state index contributed by atoms with van der Waals surface area (Å²) in [6.45, 7) is 18.9. The lowest BCUT2D eigenvalue weighted by molar-refractivity contribution is 0.0859. The zero-order valence-electron chi connectivity index (χ0n) is 21.2. The first-order valence-corrected chi connectivity index (χ1v) is 11.3. The van der Waals surface area contributed by atoms with Crippen molar-refractivity contribution in [1.82, 2.24) is 0 Å². The van der Waals surface area contributed by atoms with E-state index in [4.69, 9.17) is 0 Å². The van der Waals surface area contributed by atoms with Crippen LogP contribution in [0.25, 0.3) is 0 Å². The van der Waals surface area contributed by atoms with Crippen molar-refractivity contribution in [3.63, 3.8) is 0 Å². The van der Waals surface area contributed by atoms with Crippen LogP contribution in [0.2, 0.25) is 0 Å². The molecule has 0 aromatic heterocycles. The van der Waals surface area contributed by atoms with E-state index >= 15 is 0 Å². The van der Waals surface area contributed by atoms with Gasteiger partial charge in [0.15, 0.2) is 0 Å². The minimum Gasteiger partial charge on any atom is -0.378 e. The van der Waals surface area contributed by atoms with Crippen molar-refractivity contribution in [3.8, 4) is 23.7 Å². The van der Waals surface area contributed by atoms with E-state index in [9.17, 15) is 20.4 Å². The number of aliphatic hydroxyl groups is 4. The molecule has 4 N–H and O–H groups in total. The number of hydrogen-bond donors (Lipinski definition) is 4. The molecule has 0 aromatic rings. The molecular weight excluding hydrogens is 376 g/mol. The smallest absolute Gasteiger partial charge is 0.123 e. The molecule has 0 bridgehead atoms. The molecule has 0 heterocycles. The second kappa shape index (κ2) is 13.4. The Balaban J connectivity index is 0. The van der Waals surface area contributed by atoms with Gasteiger partial charge >= 0.3 is 0 Å². The molecule has 0 aliphatic carbocycles. The maximum absolute atomic E-state index is 10.00. The normalized spacial score (nSPS) is 18.9. The fourth-order valence-corrected chi connectivity index (χ4v) is 3.33. The van der Waals surface area contributed by atoms with Crippen LogP contribution in [0.1, 0.15) is 108 Å². The maximum Gasteiger partial charge on any atom is 0.123 e. The standard InChI is InChI=1S/C14H26O2.C12H22O2/c1-11(2)9-13(5,15)7-8-14(6,16)10-12(3)4;1-5-7-11(3,13)9-10-12(4,14)8-6-2/h11-12,15-16H,9-10H2,1-6H3;13-14H,5-8H2,1-4H3. The Morgan fingerprint density at radius 2 is 0.767 bits per heavy atom. The predicted molar refractivity (Wildman–Crippen MR) is 127 cm³/mol. The fraction of sp³-hybridized carbons (Fsp3) is 0.846. The minimum atomic E-state index is -1.00. The summed E-state index contributed by atoms with van der Waals surface area (Å²) in [5, 5.41) is 39.5. The second-order valence-corrected chi connectivity index (χ2v) is 10.3. The van der Waals surface area contributed by atoms with Gasteiger partial charge in [-0.25, -0.2) is 0 Å². The van der Waals surface area contributed by atoms with Crippen LogP contribution in [0, 0.1) is 35.5 Å². The summed E-state index contributed by atoms with van der Waals surface area (Å²) in [5.74, 6) is 11.8. The number of rotatable bonds is 8. The SMILES string of the molecule is CC(C)CC(C)(O)C#CC(C)(O)CC(C)C.CCCC(C)(O)C#CC(C)(O)CCC. The van der Waals surface area contributed by atoms with E-state index in [2.05, 4.69) is 23.7 Å². The van der Waals surface area contributed by atoms with Crippen LogP contribution in [0.3, 0.4) is 0 Å². The van der Waals surface area contributed by atoms with Gasteiger partial charge in [-0.05, 0) is 65.2 Å². The van der Waals surface area contributed by atoms with Crippen molar-refractivity contribution in [1.29, 1.82) is 0 Å². The summed E-state index contributed by atoms with van der Waals surface area (Å²) in [7, 11) is 0. The summed E-state index contributed by atoms with van der Waals surface area (Å²) < 4.78 is 0. The van der Waals surface area contributed by atoms with E-state index in [1.54, 1.807) is 27.7 Å². The van der Waals surface area contributed by atoms with Crippen molar-refractivity contribution in [2.75, 3.05) is 0 Å². The number of hydrogen-bond acceptors (Lipinski definition) is 4. The second-order valence-electron chi connectivity index (χ2n) is 10.3. The Morgan fingerprint density at radius 1 is 0.533 bits per heavy atom. The van der Waals surface area contributed by atoms with Gasteiger partial charge in [0.1, 0.15) is 22.4 Å². The molecule has 0 amide bonds. The van der Waals surface area contributed by atoms with Crippen LogP contribution in [-0.4, -0.2) is 42.8 Å². The van der Waals surface area contributed by atoms with Gasteiger partial charge < -0.3 is 20.4 Å². The molecule has 0 spiro atoms. The van der Waals surface area contributed by atoms with Crippen LogP contribution in [0.4, 0.5) is 0 Å². The Morgan fingerprint density at radius 3 is 0.967 bits per heavy atom. The molecule has 0 fully saturated rings. The van der Waals surface area contributed by atoms with Gasteiger partial charge in [0, 0.05) is 0 Å². The summed E-state index contributed by atoms with van der Waals surface area (Å²) >= 11 is 0. The molecule has 4 nitrogen and oxygen atoms in total. The highest BCUT2D eigenvalue weighted by Crippen LogP contribution is 2.18. The zero-order valence-corrected chi connectivity index (χ0v) is 21.2. The van der Waals surface area contributed by atoms with Crippen LogP contribution >= 0.6 is 0 Å². The van der Waals surface area contributed by atoms with Gasteiger partial charge in [0.2, 0.25) is 0 Å². The summed E-state index contributed by atoms with van der Waals surface area (Å²) in [5.41, 5.74) is -3.94. The molecule has 0 aliphatic heterocycles. The van der Waals surface area contributed by atoms with Gasteiger partial charge in [-0.3, -0.25) is 0 Å². The minimum absolute atomic E-state index is 0.388. The Labute approximate surface area is 186 Å². The highest BCUT2D eigenvalue weighted by atomic mass is 16.3. The van der Waals surface area contributed by atoms with Gasteiger partial charge in [-0.1, -0.05) is 78.1 Å². The molecule has 0 radical (unpaired) electrons. The average molecular weight is 425 g/mol. The molecular formula is C26H48O4. The third-order valence-corrected chi connectivity index (χ3v) is 4.29. The van der Waals surface area contributed by atoms with Crippen molar-refractivity contribution in [2.24, 2.45) is 11.8 Å². The topological polar surface area (TPSA) is 80.9 Å². The summed E-state index contributed by atoms with van der Waals surface area (Å²) in [6.07, 6.45) is 4.30. The third kappa shape index (κ3) is 19.0. The molecule has 0 aliphatic rings. The molecule has 4 heteroatoms. The van der Waals surface area contributed by atoms with Crippen molar-refractivity contribution in [2.45, 2.75) is 130 Å². The highest BCUT2D eigenvalue weighted by Gasteiger charge is 2.23. The molecule has 0 aromatic carbocycles. The van der Waals surface area contributed by atoms with E-state index < -0.39 is 22.4 Å². The third-order valence-electron chi connectivity index (χ3n) is 4.29. The predicted octanol–water partition coefficient (Wildman–Crippen LogP) is 4.68. The van der Waals surface area contributed by atoms with Crippen molar-refractivity contribution >= 4 is 0 Å². The van der Waals surface area contributed by atoms with Gasteiger partial charge in [0.05, 0.1) is 0 Å². The van der Waals surface area contributed by atoms with Crippen LogP contribution in [0.15, 0.2) is 0 Å². The van der Waals surface area contributed by atoms with E-state index in [0.717, 1.165) is 12.8 Å². The molecule has 0 saturated carbocycles. The lowest BCUT2D eigenvalue weighted by atomic mass is 9.91. The van der Waals surface area contributed by atoms with E-state index in [1.807, 2.05) is 41.5 Å². The zero-order chi connectivity index (χ0) is 24.2. The molecule has 0 rings (SSSR count). The monoisotopic (exact) mass is 424 g/mol. The first-order chi connectivity index (χ1) is 13.4. The van der Waals surface area contributed by atoms with Crippen LogP contribution in [-0.2, 0) is 0 Å². The maximum atomic E-state index is 10.00. The van der Waals surface area contributed by atoms with Crippen molar-refractivity contribution in [3.05, 3.63) is 0 Å². The quantitative estimate of drug-likeness (QED) is 0.427.